The van der Waals surface area contributed by atoms with Crippen LogP contribution in [0.5, 0.6) is 0 Å². The molecule has 0 saturated carbocycles. The average Bonchev–Trinajstić information content (AvgIpc) is 2.66. The first-order valence-electron chi connectivity index (χ1n) is 7.61. The monoisotopic (exact) mass is 358 g/mol. The molecule has 2 aromatic heterocycles. The van der Waals surface area contributed by atoms with E-state index in [9.17, 15) is 18.0 Å². The van der Waals surface area contributed by atoms with E-state index in [4.69, 9.17) is 0 Å². The Morgan fingerprint density at radius 1 is 1.00 bits per heavy atom. The summed E-state index contributed by atoms with van der Waals surface area (Å²) in [6, 6.07) is 13.1. The van der Waals surface area contributed by atoms with Gasteiger partial charge in [-0.2, -0.15) is 13.2 Å². The van der Waals surface area contributed by atoms with E-state index in [2.05, 4.69) is 20.3 Å². The largest absolute Gasteiger partial charge is 0.433 e. The molecule has 0 spiro atoms. The van der Waals surface area contributed by atoms with Gasteiger partial charge in [0.1, 0.15) is 12.0 Å². The molecule has 3 aromatic rings. The van der Waals surface area contributed by atoms with E-state index in [1.807, 2.05) is 30.3 Å². The van der Waals surface area contributed by atoms with Crippen molar-refractivity contribution >= 4 is 5.91 Å². The van der Waals surface area contributed by atoms with Crippen molar-refractivity contribution in [3.63, 3.8) is 0 Å². The predicted octanol–water partition coefficient (Wildman–Crippen LogP) is 3.49. The zero-order valence-electron chi connectivity index (χ0n) is 13.4. The molecular weight excluding hydrogens is 345 g/mol. The van der Waals surface area contributed by atoms with Crippen LogP contribution < -0.4 is 5.32 Å². The molecule has 0 aliphatic heterocycles. The molecule has 26 heavy (non-hydrogen) atoms. The molecule has 3 rings (SSSR count). The van der Waals surface area contributed by atoms with Gasteiger partial charge in [0, 0.05) is 11.8 Å². The minimum Gasteiger partial charge on any atom is -0.346 e. The molecule has 0 saturated heterocycles. The Balaban J connectivity index is 1.66. The predicted molar refractivity (Wildman–Crippen MR) is 87.9 cm³/mol. The zero-order chi connectivity index (χ0) is 18.6. The second kappa shape index (κ2) is 7.30. The lowest BCUT2D eigenvalue weighted by atomic mass is 10.1. The Labute approximate surface area is 147 Å². The molecule has 0 atom stereocenters. The van der Waals surface area contributed by atoms with Gasteiger partial charge in [-0.15, -0.1) is 0 Å². The molecule has 0 aliphatic rings. The molecule has 132 valence electrons. The second-order valence-corrected chi connectivity index (χ2v) is 5.37. The molecule has 5 nitrogen and oxygen atoms in total. The lowest BCUT2D eigenvalue weighted by Crippen LogP contribution is -2.23. The minimum atomic E-state index is -4.54. The van der Waals surface area contributed by atoms with Crippen LogP contribution >= 0.6 is 0 Å². The lowest BCUT2D eigenvalue weighted by molar-refractivity contribution is -0.141. The first-order valence-corrected chi connectivity index (χ1v) is 7.61. The fourth-order valence-electron chi connectivity index (χ4n) is 2.23. The second-order valence-electron chi connectivity index (χ2n) is 5.37. The molecule has 2 heterocycles. The van der Waals surface area contributed by atoms with Crippen molar-refractivity contribution in [1.82, 2.24) is 20.3 Å². The van der Waals surface area contributed by atoms with Crippen molar-refractivity contribution in [3.05, 3.63) is 78.0 Å². The van der Waals surface area contributed by atoms with Gasteiger partial charge < -0.3 is 5.32 Å². The summed E-state index contributed by atoms with van der Waals surface area (Å²) in [4.78, 5) is 23.6. The van der Waals surface area contributed by atoms with Crippen LogP contribution in [0.2, 0.25) is 0 Å². The number of carbonyl (C=O) groups excluding carboxylic acids is 1. The van der Waals surface area contributed by atoms with Crippen LogP contribution in [-0.2, 0) is 12.7 Å². The SMILES string of the molecule is O=C(NCc1cc(-c2ccccc2)ncn1)c1ccc(C(F)(F)F)nc1. The van der Waals surface area contributed by atoms with Crippen molar-refractivity contribution in [2.45, 2.75) is 12.7 Å². The first kappa shape index (κ1) is 17.5. The molecule has 8 heteroatoms. The van der Waals surface area contributed by atoms with Crippen LogP contribution in [0, 0.1) is 0 Å². The highest BCUT2D eigenvalue weighted by atomic mass is 19.4. The molecule has 0 bridgehead atoms. The van der Waals surface area contributed by atoms with Crippen molar-refractivity contribution in [2.75, 3.05) is 0 Å². The number of alkyl halides is 3. The number of amides is 1. The summed E-state index contributed by atoms with van der Waals surface area (Å²) in [5.41, 5.74) is 1.19. The maximum Gasteiger partial charge on any atom is 0.433 e. The number of hydrogen-bond donors (Lipinski definition) is 1. The minimum absolute atomic E-state index is 0.0374. The summed E-state index contributed by atoms with van der Waals surface area (Å²) in [6.07, 6.45) is -2.25. The molecular formula is C18H13F3N4O. The number of rotatable bonds is 4. The van der Waals surface area contributed by atoms with Gasteiger partial charge in [-0.05, 0) is 18.2 Å². The van der Waals surface area contributed by atoms with Gasteiger partial charge >= 0.3 is 6.18 Å². The highest BCUT2D eigenvalue weighted by molar-refractivity contribution is 5.93. The van der Waals surface area contributed by atoms with Crippen LogP contribution in [0.1, 0.15) is 21.7 Å². The van der Waals surface area contributed by atoms with Crippen molar-refractivity contribution in [2.24, 2.45) is 0 Å². The van der Waals surface area contributed by atoms with Crippen LogP contribution in [0.3, 0.4) is 0 Å². The Morgan fingerprint density at radius 3 is 2.42 bits per heavy atom. The number of halogens is 3. The average molecular weight is 358 g/mol. The smallest absolute Gasteiger partial charge is 0.346 e. The van der Waals surface area contributed by atoms with Crippen LogP contribution in [0.4, 0.5) is 13.2 Å². The number of nitrogens with zero attached hydrogens (tertiary/aromatic N) is 3. The van der Waals surface area contributed by atoms with E-state index in [1.165, 1.54) is 6.33 Å². The van der Waals surface area contributed by atoms with Crippen molar-refractivity contribution in [3.8, 4) is 11.3 Å². The summed E-state index contributed by atoms with van der Waals surface area (Å²) in [5.74, 6) is -0.536. The molecule has 0 unspecified atom stereocenters. The summed E-state index contributed by atoms with van der Waals surface area (Å²) in [5, 5.41) is 2.60. The van der Waals surface area contributed by atoms with Crippen LogP contribution in [0.15, 0.2) is 61.1 Å². The fourth-order valence-corrected chi connectivity index (χ4v) is 2.23. The third-order valence-electron chi connectivity index (χ3n) is 3.54. The Morgan fingerprint density at radius 2 is 1.77 bits per heavy atom. The summed E-state index contributed by atoms with van der Waals surface area (Å²) in [7, 11) is 0. The van der Waals surface area contributed by atoms with Gasteiger partial charge in [-0.3, -0.25) is 9.78 Å². The molecule has 0 radical (unpaired) electrons. The molecule has 1 aromatic carbocycles. The summed E-state index contributed by atoms with van der Waals surface area (Å²) in [6.45, 7) is 0.113. The normalized spacial score (nSPS) is 11.2. The number of benzene rings is 1. The topological polar surface area (TPSA) is 67.8 Å². The van der Waals surface area contributed by atoms with Crippen molar-refractivity contribution in [1.29, 1.82) is 0 Å². The third kappa shape index (κ3) is 4.21. The summed E-state index contributed by atoms with van der Waals surface area (Å²) < 4.78 is 37.5. The first-order chi connectivity index (χ1) is 12.4. The van der Waals surface area contributed by atoms with Gasteiger partial charge in [0.05, 0.1) is 23.5 Å². The van der Waals surface area contributed by atoms with E-state index in [0.29, 0.717) is 11.4 Å². The maximum atomic E-state index is 12.5. The number of pyridine rings is 1. The molecule has 1 N–H and O–H groups in total. The highest BCUT2D eigenvalue weighted by Gasteiger charge is 2.32. The third-order valence-corrected chi connectivity index (χ3v) is 3.54. The maximum absolute atomic E-state index is 12.5. The number of carbonyl (C=O) groups is 1. The molecule has 0 fully saturated rings. The van der Waals surface area contributed by atoms with Gasteiger partial charge in [0.15, 0.2) is 0 Å². The highest BCUT2D eigenvalue weighted by Crippen LogP contribution is 2.27. The quantitative estimate of drug-likeness (QED) is 0.775. The van der Waals surface area contributed by atoms with E-state index >= 15 is 0 Å². The van der Waals surface area contributed by atoms with Gasteiger partial charge in [-0.25, -0.2) is 9.97 Å². The van der Waals surface area contributed by atoms with Crippen LogP contribution in [0.25, 0.3) is 11.3 Å². The van der Waals surface area contributed by atoms with E-state index in [0.717, 1.165) is 23.9 Å². The lowest BCUT2D eigenvalue weighted by Gasteiger charge is -2.08. The zero-order valence-corrected chi connectivity index (χ0v) is 13.4. The number of hydrogen-bond acceptors (Lipinski definition) is 4. The number of aromatic nitrogens is 3. The Kier molecular flexibility index (Phi) is 4.92. The standard InChI is InChI=1S/C18H13F3N4O/c19-18(20,21)16-7-6-13(9-22-16)17(26)23-10-14-8-15(25-11-24-14)12-4-2-1-3-5-12/h1-9,11H,10H2,(H,23,26). The Bertz CT molecular complexity index is 896. The molecule has 0 aliphatic carbocycles. The fraction of sp³-hybridized carbons (Fsp3) is 0.111. The summed E-state index contributed by atoms with van der Waals surface area (Å²) >= 11 is 0. The van der Waals surface area contributed by atoms with Gasteiger partial charge in [-0.1, -0.05) is 30.3 Å². The molecule has 1 amide bonds. The van der Waals surface area contributed by atoms with E-state index in [-0.39, 0.29) is 12.1 Å². The van der Waals surface area contributed by atoms with E-state index in [1.54, 1.807) is 6.07 Å². The van der Waals surface area contributed by atoms with Gasteiger partial charge in [0.2, 0.25) is 0 Å². The van der Waals surface area contributed by atoms with Crippen LogP contribution in [-0.4, -0.2) is 20.9 Å². The Hall–Kier alpha value is -3.29. The number of nitrogens with one attached hydrogen (secondary N) is 1. The van der Waals surface area contributed by atoms with Crippen molar-refractivity contribution < 1.29 is 18.0 Å². The van der Waals surface area contributed by atoms with Gasteiger partial charge in [0.25, 0.3) is 5.91 Å². The van der Waals surface area contributed by atoms with E-state index < -0.39 is 17.8 Å².